The van der Waals surface area contributed by atoms with Crippen LogP contribution in [0.1, 0.15) is 52.1 Å². The first-order valence-corrected chi connectivity index (χ1v) is 11.0. The Morgan fingerprint density at radius 3 is 2.47 bits per heavy atom. The van der Waals surface area contributed by atoms with Gasteiger partial charge in [0.1, 0.15) is 18.1 Å². The van der Waals surface area contributed by atoms with Crippen molar-refractivity contribution in [2.75, 3.05) is 7.11 Å². The van der Waals surface area contributed by atoms with Crippen molar-refractivity contribution in [2.45, 2.75) is 32.0 Å². The zero-order valence-electron chi connectivity index (χ0n) is 18.3. The minimum atomic E-state index is -4.49. The Balaban J connectivity index is 1.77. The van der Waals surface area contributed by atoms with Gasteiger partial charge in [0.15, 0.2) is 0 Å². The summed E-state index contributed by atoms with van der Waals surface area (Å²) in [5.41, 5.74) is 2.66. The summed E-state index contributed by atoms with van der Waals surface area (Å²) in [6.45, 7) is 0.175. The Hall–Kier alpha value is -3.32. The molecule has 0 amide bonds. The van der Waals surface area contributed by atoms with E-state index in [1.165, 1.54) is 19.2 Å². The summed E-state index contributed by atoms with van der Waals surface area (Å²) in [6.07, 6.45) is -2.55. The van der Waals surface area contributed by atoms with Crippen molar-refractivity contribution in [1.29, 1.82) is 0 Å². The molecule has 1 heterocycles. The van der Waals surface area contributed by atoms with E-state index in [1.54, 1.807) is 36.4 Å². The fourth-order valence-corrected chi connectivity index (χ4v) is 4.08. The second kappa shape index (κ2) is 9.89. The molecule has 4 rings (SSSR count). The average Bonchev–Trinajstić information content (AvgIpc) is 3.32. The third kappa shape index (κ3) is 5.25. The van der Waals surface area contributed by atoms with Gasteiger partial charge in [0, 0.05) is 10.6 Å². The van der Waals surface area contributed by atoms with Crippen molar-refractivity contribution < 1.29 is 27.4 Å². The minimum absolute atomic E-state index is 0.141. The van der Waals surface area contributed by atoms with Crippen LogP contribution in [-0.2, 0) is 17.5 Å². The van der Waals surface area contributed by atoms with Crippen LogP contribution in [-0.4, -0.2) is 18.1 Å². The molecule has 0 fully saturated rings. The van der Waals surface area contributed by atoms with E-state index < -0.39 is 17.7 Å². The van der Waals surface area contributed by atoms with E-state index in [0.717, 1.165) is 35.3 Å². The predicted molar refractivity (Wildman–Crippen MR) is 123 cm³/mol. The summed E-state index contributed by atoms with van der Waals surface area (Å²) < 4.78 is 51.3. The zero-order chi connectivity index (χ0) is 24.3. The number of halogens is 4. The zero-order valence-corrected chi connectivity index (χ0v) is 19.0. The number of esters is 1. The number of carbonyl (C=O) groups is 1. The molecular weight excluding hydrogens is 467 g/mol. The number of nitrogens with zero attached hydrogens (tertiary/aromatic N) is 1. The molecule has 8 heteroatoms. The van der Waals surface area contributed by atoms with Crippen molar-refractivity contribution in [3.8, 4) is 5.75 Å². The third-order valence-electron chi connectivity index (χ3n) is 5.61. The number of ether oxygens (including phenoxy) is 2. The molecule has 0 unspecified atom stereocenters. The maximum atomic E-state index is 13.5. The van der Waals surface area contributed by atoms with Gasteiger partial charge in [-0.25, -0.2) is 9.78 Å². The van der Waals surface area contributed by atoms with Crippen LogP contribution in [0.3, 0.4) is 0 Å². The molecule has 0 bridgehead atoms. The number of aromatic nitrogens is 1. The van der Waals surface area contributed by atoms with Crippen LogP contribution >= 0.6 is 11.6 Å². The van der Waals surface area contributed by atoms with Crippen LogP contribution in [0.2, 0.25) is 5.02 Å². The molecule has 0 atom stereocenters. The first-order valence-electron chi connectivity index (χ1n) is 10.6. The highest BCUT2D eigenvalue weighted by Gasteiger charge is 2.32. The number of carbonyl (C=O) groups excluding carboxylic acids is 1. The van der Waals surface area contributed by atoms with Crippen LogP contribution in [0.25, 0.3) is 11.1 Å². The number of hydrogen-bond acceptors (Lipinski definition) is 4. The van der Waals surface area contributed by atoms with E-state index in [9.17, 15) is 18.0 Å². The first-order chi connectivity index (χ1) is 16.3. The van der Waals surface area contributed by atoms with Crippen LogP contribution in [0.15, 0.2) is 60.7 Å². The van der Waals surface area contributed by atoms with Crippen molar-refractivity contribution in [3.05, 3.63) is 93.8 Å². The molecule has 4 nitrogen and oxygen atoms in total. The van der Waals surface area contributed by atoms with Crippen LogP contribution in [0.4, 0.5) is 13.2 Å². The van der Waals surface area contributed by atoms with Gasteiger partial charge in [-0.1, -0.05) is 29.8 Å². The Kier molecular flexibility index (Phi) is 6.93. The fraction of sp³-hybridized carbons (Fsp3) is 0.231. The summed E-state index contributed by atoms with van der Waals surface area (Å²) in [7, 11) is 1.27. The SMILES string of the molecule is COC(=O)c1cccc(C2=C(c3cc(C(F)(F)F)ccc3OCc3ccc(Cl)cc3)CCC2)n1. The number of allylic oxidation sites excluding steroid dienone is 2. The molecule has 1 aliphatic rings. The summed E-state index contributed by atoms with van der Waals surface area (Å²) >= 11 is 5.93. The average molecular weight is 488 g/mol. The summed E-state index contributed by atoms with van der Waals surface area (Å²) in [4.78, 5) is 16.3. The second-order valence-electron chi connectivity index (χ2n) is 7.83. The number of rotatable bonds is 6. The van der Waals surface area contributed by atoms with Crippen LogP contribution in [0.5, 0.6) is 5.75 Å². The first kappa shape index (κ1) is 23.8. The maximum absolute atomic E-state index is 13.5. The predicted octanol–water partition coefficient (Wildman–Crippen LogP) is 7.21. The molecule has 176 valence electrons. The Bertz CT molecular complexity index is 1240. The topological polar surface area (TPSA) is 48.4 Å². The second-order valence-corrected chi connectivity index (χ2v) is 8.27. The molecule has 3 aromatic rings. The Morgan fingerprint density at radius 2 is 1.76 bits per heavy atom. The molecular formula is C26H21ClF3NO3. The molecule has 0 radical (unpaired) electrons. The highest BCUT2D eigenvalue weighted by molar-refractivity contribution is 6.30. The minimum Gasteiger partial charge on any atom is -0.488 e. The van der Waals surface area contributed by atoms with Crippen molar-refractivity contribution >= 4 is 28.7 Å². The summed E-state index contributed by atoms with van der Waals surface area (Å²) in [5, 5.41) is 0.585. The van der Waals surface area contributed by atoms with Gasteiger partial charge in [-0.2, -0.15) is 13.2 Å². The number of methoxy groups -OCH3 is 1. The van der Waals surface area contributed by atoms with Crippen molar-refractivity contribution in [3.63, 3.8) is 0 Å². The van der Waals surface area contributed by atoms with Crippen molar-refractivity contribution in [1.82, 2.24) is 4.98 Å². The Morgan fingerprint density at radius 1 is 1.03 bits per heavy atom. The van der Waals surface area contributed by atoms with Gasteiger partial charge in [-0.3, -0.25) is 0 Å². The van der Waals surface area contributed by atoms with Gasteiger partial charge >= 0.3 is 12.1 Å². The van der Waals surface area contributed by atoms with E-state index in [2.05, 4.69) is 4.98 Å². The summed E-state index contributed by atoms with van der Waals surface area (Å²) in [5.74, 6) is -0.227. The number of hydrogen-bond donors (Lipinski definition) is 0. The molecule has 0 spiro atoms. The van der Waals surface area contributed by atoms with Crippen molar-refractivity contribution in [2.24, 2.45) is 0 Å². The van der Waals surface area contributed by atoms with E-state index in [-0.39, 0.29) is 12.3 Å². The molecule has 0 saturated heterocycles. The van der Waals surface area contributed by atoms with E-state index in [1.807, 2.05) is 0 Å². The van der Waals surface area contributed by atoms with Gasteiger partial charge in [0.05, 0.1) is 18.4 Å². The number of pyridine rings is 1. The fourth-order valence-electron chi connectivity index (χ4n) is 3.95. The highest BCUT2D eigenvalue weighted by atomic mass is 35.5. The summed E-state index contributed by atoms with van der Waals surface area (Å²) in [6, 6.07) is 15.5. The molecule has 0 saturated carbocycles. The molecule has 0 aliphatic heterocycles. The van der Waals surface area contributed by atoms with Crippen LogP contribution in [0, 0.1) is 0 Å². The largest absolute Gasteiger partial charge is 0.488 e. The highest BCUT2D eigenvalue weighted by Crippen LogP contribution is 2.44. The lowest BCUT2D eigenvalue weighted by Crippen LogP contribution is -2.07. The van der Waals surface area contributed by atoms with Gasteiger partial charge in [0.2, 0.25) is 0 Å². The van der Waals surface area contributed by atoms with Gasteiger partial charge < -0.3 is 9.47 Å². The molecule has 1 aromatic heterocycles. The lowest BCUT2D eigenvalue weighted by atomic mass is 9.97. The Labute approximate surface area is 200 Å². The van der Waals surface area contributed by atoms with E-state index >= 15 is 0 Å². The molecule has 1 aliphatic carbocycles. The van der Waals surface area contributed by atoms with Crippen LogP contribution < -0.4 is 4.74 Å². The van der Waals surface area contributed by atoms with E-state index in [0.29, 0.717) is 34.9 Å². The molecule has 2 aromatic carbocycles. The lowest BCUT2D eigenvalue weighted by molar-refractivity contribution is -0.137. The quantitative estimate of drug-likeness (QED) is 0.344. The smallest absolute Gasteiger partial charge is 0.416 e. The lowest BCUT2D eigenvalue weighted by Gasteiger charge is -2.17. The van der Waals surface area contributed by atoms with Gasteiger partial charge in [0.25, 0.3) is 0 Å². The number of benzene rings is 2. The van der Waals surface area contributed by atoms with Gasteiger partial charge in [-0.15, -0.1) is 0 Å². The molecule has 34 heavy (non-hydrogen) atoms. The molecule has 0 N–H and O–H groups in total. The monoisotopic (exact) mass is 487 g/mol. The third-order valence-corrected chi connectivity index (χ3v) is 5.86. The maximum Gasteiger partial charge on any atom is 0.416 e. The normalized spacial score (nSPS) is 13.8. The number of alkyl halides is 3. The van der Waals surface area contributed by atoms with E-state index in [4.69, 9.17) is 21.1 Å². The van der Waals surface area contributed by atoms with Gasteiger partial charge in [-0.05, 0) is 78.4 Å². The standard InChI is InChI=1S/C26H21ClF3NO3/c1-33-25(32)23-7-3-6-22(31-23)20-5-2-4-19(20)21-14-17(26(28,29)30)10-13-24(21)34-15-16-8-11-18(27)12-9-16/h3,6-14H,2,4-5,15H2,1H3.